The molecule has 0 aliphatic heterocycles. The second kappa shape index (κ2) is 7.29. The molecule has 1 aromatic heterocycles. The number of hydrogen-bond donors (Lipinski definition) is 2. The van der Waals surface area contributed by atoms with Crippen LogP contribution < -0.4 is 29.5 Å². The Kier molecular flexibility index (Phi) is 5.41. The van der Waals surface area contributed by atoms with Crippen molar-refractivity contribution in [3.8, 4) is 11.5 Å². The smallest absolute Gasteiger partial charge is 0.266 e. The number of hydrogen-bond acceptors (Lipinski definition) is 5. The summed E-state index contributed by atoms with van der Waals surface area (Å²) in [4.78, 5) is 14.4. The number of rotatable bonds is 6. The molecule has 22 heavy (non-hydrogen) atoms. The summed E-state index contributed by atoms with van der Waals surface area (Å²) in [6.45, 7) is 6.32. The number of benzene rings is 1. The predicted octanol–water partition coefficient (Wildman–Crippen LogP) is 0.671. The van der Waals surface area contributed by atoms with Crippen molar-refractivity contribution in [1.29, 1.82) is 0 Å². The molecule has 1 atom stereocenters. The van der Waals surface area contributed by atoms with Crippen molar-refractivity contribution >= 4 is 24.0 Å². The largest absolute Gasteiger partial charge is 0.493 e. The summed E-state index contributed by atoms with van der Waals surface area (Å²) >= 11 is 1.33. The maximum absolute atomic E-state index is 11.7. The van der Waals surface area contributed by atoms with Crippen molar-refractivity contribution < 1.29 is 9.47 Å². The van der Waals surface area contributed by atoms with Crippen molar-refractivity contribution in [3.63, 3.8) is 0 Å². The molecule has 0 amide bonds. The van der Waals surface area contributed by atoms with E-state index in [-0.39, 0.29) is 11.6 Å². The van der Waals surface area contributed by atoms with E-state index in [0.29, 0.717) is 27.3 Å². The van der Waals surface area contributed by atoms with Gasteiger partial charge in [-0.05, 0) is 37.7 Å². The monoisotopic (exact) mass is 320 g/mol. The summed E-state index contributed by atoms with van der Waals surface area (Å²) in [5.41, 5.74) is 0.746. The van der Waals surface area contributed by atoms with Crippen LogP contribution in [0.2, 0.25) is 0 Å². The van der Waals surface area contributed by atoms with Crippen molar-refractivity contribution in [2.24, 2.45) is 0 Å². The highest BCUT2D eigenvalue weighted by molar-refractivity contribution is 7.07. The molecule has 1 heterocycles. The molecule has 0 aliphatic rings. The molecular formula is C16H20N2O3S. The fraction of sp³-hybridized carbons (Fsp3) is 0.312. The van der Waals surface area contributed by atoms with Gasteiger partial charge in [0, 0.05) is 6.04 Å². The minimum absolute atomic E-state index is 0.128. The fourth-order valence-corrected chi connectivity index (χ4v) is 2.58. The van der Waals surface area contributed by atoms with Crippen LogP contribution in [0.4, 0.5) is 0 Å². The first-order chi connectivity index (χ1) is 10.5. The Labute approximate surface area is 132 Å². The van der Waals surface area contributed by atoms with E-state index in [0.717, 1.165) is 5.56 Å². The maximum Gasteiger partial charge on any atom is 0.266 e. The van der Waals surface area contributed by atoms with E-state index >= 15 is 0 Å². The number of H-pyrrole nitrogens is 1. The highest BCUT2D eigenvalue weighted by Gasteiger charge is 2.07. The topological polar surface area (TPSA) is 63.4 Å². The van der Waals surface area contributed by atoms with Gasteiger partial charge in [-0.2, -0.15) is 0 Å². The lowest BCUT2D eigenvalue weighted by atomic mass is 10.2. The van der Waals surface area contributed by atoms with Crippen LogP contribution in [-0.4, -0.2) is 31.8 Å². The molecule has 0 bridgehead atoms. The predicted molar refractivity (Wildman–Crippen MR) is 90.3 cm³/mol. The molecule has 6 heteroatoms. The molecule has 0 saturated carbocycles. The van der Waals surface area contributed by atoms with Crippen LogP contribution in [0, 0.1) is 0 Å². The number of ether oxygens (including phenoxy) is 2. The second-order valence-corrected chi connectivity index (χ2v) is 6.04. The summed E-state index contributed by atoms with van der Waals surface area (Å²) in [6, 6.07) is 5.83. The molecule has 0 spiro atoms. The van der Waals surface area contributed by atoms with E-state index in [9.17, 15) is 4.79 Å². The van der Waals surface area contributed by atoms with Crippen LogP contribution in [0.5, 0.6) is 11.5 Å². The summed E-state index contributed by atoms with van der Waals surface area (Å²) in [5, 5.41) is 3.11. The van der Waals surface area contributed by atoms with Gasteiger partial charge in [-0.1, -0.05) is 12.6 Å². The van der Waals surface area contributed by atoms with E-state index in [1.54, 1.807) is 13.2 Å². The zero-order chi connectivity index (χ0) is 16.1. The van der Waals surface area contributed by atoms with Crippen LogP contribution in [0.15, 0.2) is 23.0 Å². The number of nitrogens with one attached hydrogen (secondary N) is 2. The van der Waals surface area contributed by atoms with Gasteiger partial charge in [0.25, 0.3) is 5.56 Å². The van der Waals surface area contributed by atoms with Crippen LogP contribution in [0.1, 0.15) is 12.5 Å². The Morgan fingerprint density at radius 3 is 2.82 bits per heavy atom. The van der Waals surface area contributed by atoms with Crippen LogP contribution in [0.25, 0.3) is 12.7 Å². The van der Waals surface area contributed by atoms with Gasteiger partial charge in [-0.3, -0.25) is 4.79 Å². The molecular weight excluding hydrogens is 300 g/mol. The van der Waals surface area contributed by atoms with Crippen LogP contribution >= 0.6 is 11.3 Å². The molecule has 0 radical (unpaired) electrons. The van der Waals surface area contributed by atoms with Gasteiger partial charge < -0.3 is 19.8 Å². The quantitative estimate of drug-likeness (QED) is 0.821. The molecule has 0 fully saturated rings. The van der Waals surface area contributed by atoms with Crippen molar-refractivity contribution in [2.45, 2.75) is 13.0 Å². The van der Waals surface area contributed by atoms with Crippen molar-refractivity contribution in [2.75, 3.05) is 20.8 Å². The highest BCUT2D eigenvalue weighted by atomic mass is 32.1. The first kappa shape index (κ1) is 16.3. The standard InChI is InChI=1S/C16H20N2O3S/c1-10(17-3)9-21-13-6-5-12(7-14(13)20-4)8-15-16(19)18-11(2)22-15/h5-8,10,17H,2,9H2,1,3-4H3,(H,18,19)/b15-8-. The normalized spacial score (nSPS) is 13.1. The van der Waals surface area contributed by atoms with E-state index in [1.807, 2.05) is 32.2 Å². The number of methoxy groups -OCH3 is 1. The minimum atomic E-state index is -0.128. The Hall–Kier alpha value is -2.05. The van der Waals surface area contributed by atoms with Gasteiger partial charge in [0.2, 0.25) is 0 Å². The number of thiazole rings is 1. The van der Waals surface area contributed by atoms with E-state index < -0.39 is 0 Å². The third kappa shape index (κ3) is 3.99. The average molecular weight is 320 g/mol. The zero-order valence-electron chi connectivity index (χ0n) is 12.9. The molecule has 2 N–H and O–H groups in total. The Morgan fingerprint density at radius 1 is 1.45 bits per heavy atom. The van der Waals surface area contributed by atoms with Gasteiger partial charge in [-0.25, -0.2) is 0 Å². The number of likely N-dealkylation sites (N-methyl/N-ethyl adjacent to an activating group) is 1. The van der Waals surface area contributed by atoms with E-state index in [4.69, 9.17) is 9.47 Å². The van der Waals surface area contributed by atoms with Gasteiger partial charge >= 0.3 is 0 Å². The maximum atomic E-state index is 11.7. The van der Waals surface area contributed by atoms with Crippen molar-refractivity contribution in [1.82, 2.24) is 10.3 Å². The lowest BCUT2D eigenvalue weighted by Gasteiger charge is -2.14. The first-order valence-corrected chi connectivity index (χ1v) is 7.73. The number of aromatic amines is 1. The van der Waals surface area contributed by atoms with Crippen LogP contribution in [-0.2, 0) is 0 Å². The molecule has 2 rings (SSSR count). The van der Waals surface area contributed by atoms with Crippen molar-refractivity contribution in [3.05, 3.63) is 43.3 Å². The second-order valence-electron chi connectivity index (χ2n) is 4.90. The minimum Gasteiger partial charge on any atom is -0.493 e. The SMILES string of the molecule is C=c1[nH]c(=O)/c(=C/c2ccc(OCC(C)NC)c(OC)c2)s1. The molecule has 2 aromatic rings. The van der Waals surface area contributed by atoms with Gasteiger partial charge in [0.05, 0.1) is 16.3 Å². The van der Waals surface area contributed by atoms with Gasteiger partial charge in [0.1, 0.15) is 6.61 Å². The highest BCUT2D eigenvalue weighted by Crippen LogP contribution is 2.28. The summed E-state index contributed by atoms with van der Waals surface area (Å²) < 4.78 is 12.4. The Morgan fingerprint density at radius 2 is 2.23 bits per heavy atom. The molecule has 1 aromatic carbocycles. The first-order valence-electron chi connectivity index (χ1n) is 6.91. The molecule has 1 unspecified atom stereocenters. The molecule has 0 saturated heterocycles. The molecule has 5 nitrogen and oxygen atoms in total. The fourth-order valence-electron chi connectivity index (χ4n) is 1.83. The average Bonchev–Trinajstić information content (AvgIpc) is 2.83. The summed E-state index contributed by atoms with van der Waals surface area (Å²) in [6.07, 6.45) is 1.81. The van der Waals surface area contributed by atoms with E-state index in [1.165, 1.54) is 11.3 Å². The van der Waals surface area contributed by atoms with Crippen LogP contribution in [0.3, 0.4) is 0 Å². The lowest BCUT2D eigenvalue weighted by Crippen LogP contribution is -2.28. The Bertz CT molecular complexity index is 794. The Balaban J connectivity index is 2.29. The third-order valence-electron chi connectivity index (χ3n) is 3.18. The molecule has 0 aliphatic carbocycles. The zero-order valence-corrected chi connectivity index (χ0v) is 13.8. The van der Waals surface area contributed by atoms with Gasteiger partial charge in [0.15, 0.2) is 11.5 Å². The number of aromatic nitrogens is 1. The molecule has 118 valence electrons. The summed E-state index contributed by atoms with van der Waals surface area (Å²) in [7, 11) is 3.48. The third-order valence-corrected chi connectivity index (χ3v) is 4.05. The van der Waals surface area contributed by atoms with E-state index in [2.05, 4.69) is 16.9 Å². The lowest BCUT2D eigenvalue weighted by molar-refractivity contribution is 0.265. The van der Waals surface area contributed by atoms with Gasteiger partial charge in [-0.15, -0.1) is 11.3 Å². The summed E-state index contributed by atoms with van der Waals surface area (Å²) in [5.74, 6) is 1.32.